The Bertz CT molecular complexity index is 969. The maximum absolute atomic E-state index is 5.99. The molecule has 0 unspecified atom stereocenters. The van der Waals surface area contributed by atoms with Crippen LogP contribution in [0.4, 0.5) is 0 Å². The van der Waals surface area contributed by atoms with Crippen LogP contribution in [0.5, 0.6) is 0 Å². The van der Waals surface area contributed by atoms with Crippen molar-refractivity contribution in [1.82, 2.24) is 24.7 Å². The predicted octanol–water partition coefficient (Wildman–Crippen LogP) is 3.37. The van der Waals surface area contributed by atoms with E-state index >= 15 is 0 Å². The fraction of sp³-hybridized carbons (Fsp3) is 0.615. The Balaban J connectivity index is 1.39. The lowest BCUT2D eigenvalue weighted by Crippen LogP contribution is -2.37. The van der Waals surface area contributed by atoms with Crippen LogP contribution in [0.1, 0.15) is 54.0 Å². The molecule has 3 aliphatic rings. The lowest BCUT2D eigenvalue weighted by Gasteiger charge is -2.30. The van der Waals surface area contributed by atoms with E-state index in [2.05, 4.69) is 51.7 Å². The van der Waals surface area contributed by atoms with E-state index in [0.29, 0.717) is 0 Å². The smallest absolute Gasteiger partial charge is 0.170 e. The molecular weight excluding hydrogens is 446 g/mol. The number of pyridine rings is 1. The summed E-state index contributed by atoms with van der Waals surface area (Å²) in [5.41, 5.74) is 5.00. The van der Waals surface area contributed by atoms with E-state index in [-0.39, 0.29) is 18.2 Å². The van der Waals surface area contributed by atoms with E-state index in [1.165, 1.54) is 17.0 Å². The molecule has 7 nitrogen and oxygen atoms in total. The minimum Gasteiger partial charge on any atom is -0.379 e. The molecule has 5 heterocycles. The van der Waals surface area contributed by atoms with E-state index in [0.717, 1.165) is 82.6 Å². The third kappa shape index (κ3) is 5.00. The van der Waals surface area contributed by atoms with Gasteiger partial charge in [0.1, 0.15) is 0 Å². The molecule has 2 aromatic rings. The molecule has 34 heavy (non-hydrogen) atoms. The number of ether oxygens (including phenoxy) is 2. The molecule has 3 atom stereocenters. The first-order valence-corrected chi connectivity index (χ1v) is 13.1. The Kier molecular flexibility index (Phi) is 7.49. The van der Waals surface area contributed by atoms with Gasteiger partial charge >= 0.3 is 0 Å². The number of thiocarbonyl (C=S) groups is 1. The van der Waals surface area contributed by atoms with Gasteiger partial charge in [0.05, 0.1) is 37.1 Å². The summed E-state index contributed by atoms with van der Waals surface area (Å²) in [6, 6.07) is 8.62. The zero-order valence-electron chi connectivity index (χ0n) is 20.4. The Labute approximate surface area is 208 Å². The van der Waals surface area contributed by atoms with Crippen molar-refractivity contribution in [3.8, 4) is 0 Å². The van der Waals surface area contributed by atoms with E-state index in [4.69, 9.17) is 26.7 Å². The van der Waals surface area contributed by atoms with E-state index in [1.54, 1.807) is 0 Å². The van der Waals surface area contributed by atoms with Gasteiger partial charge in [-0.05, 0) is 69.1 Å². The van der Waals surface area contributed by atoms with Crippen LogP contribution in [0.25, 0.3) is 0 Å². The molecule has 2 aromatic heterocycles. The monoisotopic (exact) mass is 483 g/mol. The molecule has 1 N–H and O–H groups in total. The van der Waals surface area contributed by atoms with Crippen LogP contribution >= 0.6 is 12.2 Å². The van der Waals surface area contributed by atoms with Gasteiger partial charge in [0.15, 0.2) is 5.11 Å². The van der Waals surface area contributed by atoms with Crippen molar-refractivity contribution in [3.63, 3.8) is 0 Å². The van der Waals surface area contributed by atoms with Crippen molar-refractivity contribution >= 4 is 17.3 Å². The standard InChI is InChI=1S/C26H37N5O2S/c1-19-17-22(20(2)30(19)11-6-10-29-12-15-32-16-13-29)25-24(23-8-3-4-9-27-23)28-26(34)31(25)18-21-7-5-14-33-21/h3-4,8-9,17,21,24-25H,5-7,10-16,18H2,1-2H3,(H,28,34)/t21-,24-,25+/m0/s1. The molecule has 0 bridgehead atoms. The molecule has 8 heteroatoms. The average Bonchev–Trinajstić information content (AvgIpc) is 3.56. The highest BCUT2D eigenvalue weighted by Gasteiger charge is 2.42. The van der Waals surface area contributed by atoms with Crippen molar-refractivity contribution in [2.24, 2.45) is 0 Å². The van der Waals surface area contributed by atoms with Crippen molar-refractivity contribution < 1.29 is 9.47 Å². The molecule has 5 rings (SSSR count). The number of hydrogen-bond donors (Lipinski definition) is 1. The van der Waals surface area contributed by atoms with Gasteiger partial charge < -0.3 is 24.3 Å². The number of aryl methyl sites for hydroxylation is 1. The molecule has 3 fully saturated rings. The van der Waals surface area contributed by atoms with Crippen LogP contribution in [0, 0.1) is 13.8 Å². The Hall–Kier alpha value is -2.00. The van der Waals surface area contributed by atoms with Crippen molar-refractivity contribution in [3.05, 3.63) is 53.1 Å². The fourth-order valence-electron chi connectivity index (χ4n) is 5.70. The van der Waals surface area contributed by atoms with Crippen LogP contribution in [-0.4, -0.2) is 76.6 Å². The second kappa shape index (κ2) is 10.7. The molecule has 0 aromatic carbocycles. The largest absolute Gasteiger partial charge is 0.379 e. The number of nitrogens with zero attached hydrogens (tertiary/aromatic N) is 4. The summed E-state index contributed by atoms with van der Waals surface area (Å²) in [7, 11) is 0. The highest BCUT2D eigenvalue weighted by molar-refractivity contribution is 7.80. The molecular formula is C26H37N5O2S. The number of nitrogens with one attached hydrogen (secondary N) is 1. The van der Waals surface area contributed by atoms with Crippen molar-refractivity contribution in [2.75, 3.05) is 46.0 Å². The van der Waals surface area contributed by atoms with Gasteiger partial charge in [-0.3, -0.25) is 9.88 Å². The molecule has 184 valence electrons. The molecule has 3 aliphatic heterocycles. The van der Waals surface area contributed by atoms with Crippen molar-refractivity contribution in [1.29, 1.82) is 0 Å². The summed E-state index contributed by atoms with van der Waals surface area (Å²) in [5.74, 6) is 0. The summed E-state index contributed by atoms with van der Waals surface area (Å²) in [5, 5.41) is 4.40. The van der Waals surface area contributed by atoms with Gasteiger partial charge in [-0.15, -0.1) is 0 Å². The van der Waals surface area contributed by atoms with Crippen molar-refractivity contribution in [2.45, 2.75) is 57.8 Å². The van der Waals surface area contributed by atoms with E-state index in [9.17, 15) is 0 Å². The minimum absolute atomic E-state index is 0.0254. The zero-order chi connectivity index (χ0) is 23.5. The number of morpholine rings is 1. The van der Waals surface area contributed by atoms with Gasteiger partial charge in [0.25, 0.3) is 0 Å². The lowest BCUT2D eigenvalue weighted by atomic mass is 9.96. The van der Waals surface area contributed by atoms with E-state index < -0.39 is 0 Å². The van der Waals surface area contributed by atoms with Crippen LogP contribution in [0.15, 0.2) is 30.5 Å². The molecule has 0 saturated carbocycles. The molecule has 0 amide bonds. The predicted molar refractivity (Wildman–Crippen MR) is 137 cm³/mol. The summed E-state index contributed by atoms with van der Waals surface area (Å²) in [4.78, 5) is 9.56. The van der Waals surface area contributed by atoms with Crippen LogP contribution in [0.2, 0.25) is 0 Å². The minimum atomic E-state index is 0.0254. The topological polar surface area (TPSA) is 54.8 Å². The first-order valence-electron chi connectivity index (χ1n) is 12.7. The highest BCUT2D eigenvalue weighted by atomic mass is 32.1. The maximum atomic E-state index is 5.99. The Morgan fingerprint density at radius 2 is 2.00 bits per heavy atom. The molecule has 0 radical (unpaired) electrons. The Morgan fingerprint density at radius 3 is 2.74 bits per heavy atom. The SMILES string of the molecule is Cc1cc([C@@H]2[C@H](c3ccccn3)NC(=S)N2C[C@@H]2CCCO2)c(C)n1CCCN1CCOCC1. The van der Waals surface area contributed by atoms with E-state index in [1.807, 2.05) is 12.3 Å². The van der Waals surface area contributed by atoms with Crippen LogP contribution in [-0.2, 0) is 16.0 Å². The summed E-state index contributed by atoms with van der Waals surface area (Å²) < 4.78 is 14.0. The summed E-state index contributed by atoms with van der Waals surface area (Å²) in [6.45, 7) is 12.1. The Morgan fingerprint density at radius 1 is 1.15 bits per heavy atom. The molecule has 0 spiro atoms. The first-order chi connectivity index (χ1) is 16.6. The summed E-state index contributed by atoms with van der Waals surface area (Å²) >= 11 is 5.86. The average molecular weight is 484 g/mol. The van der Waals surface area contributed by atoms with Gasteiger partial charge in [0.2, 0.25) is 0 Å². The second-order valence-corrected chi connectivity index (χ2v) is 10.1. The maximum Gasteiger partial charge on any atom is 0.170 e. The molecule has 0 aliphatic carbocycles. The van der Waals surface area contributed by atoms with Crippen LogP contribution in [0.3, 0.4) is 0 Å². The summed E-state index contributed by atoms with van der Waals surface area (Å²) in [6.07, 6.45) is 5.47. The third-order valence-corrected chi connectivity index (χ3v) is 7.87. The number of rotatable bonds is 8. The van der Waals surface area contributed by atoms with Gasteiger partial charge in [0, 0.05) is 56.9 Å². The van der Waals surface area contributed by atoms with Crippen LogP contribution < -0.4 is 5.32 Å². The fourth-order valence-corrected chi connectivity index (χ4v) is 6.01. The zero-order valence-corrected chi connectivity index (χ0v) is 21.2. The third-order valence-electron chi connectivity index (χ3n) is 7.51. The lowest BCUT2D eigenvalue weighted by molar-refractivity contribution is 0.0369. The number of hydrogen-bond acceptors (Lipinski definition) is 5. The number of aromatic nitrogens is 2. The quantitative estimate of drug-likeness (QED) is 0.578. The normalized spacial score (nSPS) is 25.8. The highest BCUT2D eigenvalue weighted by Crippen LogP contribution is 2.41. The van der Waals surface area contributed by atoms with Gasteiger partial charge in [-0.2, -0.15) is 0 Å². The van der Waals surface area contributed by atoms with Gasteiger partial charge in [-0.1, -0.05) is 6.07 Å². The molecule has 3 saturated heterocycles. The second-order valence-electron chi connectivity index (χ2n) is 9.70. The first kappa shape index (κ1) is 23.7. The van der Waals surface area contributed by atoms with Gasteiger partial charge in [-0.25, -0.2) is 0 Å².